The number of ether oxygens (including phenoxy) is 1. The Morgan fingerprint density at radius 3 is 2.47 bits per heavy atom. The number of esters is 1. The summed E-state index contributed by atoms with van der Waals surface area (Å²) >= 11 is 0. The minimum atomic E-state index is -0.175. The van der Waals surface area contributed by atoms with Crippen molar-refractivity contribution in [2.45, 2.75) is 59.3 Å². The third-order valence-corrected chi connectivity index (χ3v) is 2.55. The Balaban J connectivity index is 3.56. The van der Waals surface area contributed by atoms with Crippen LogP contribution in [0.3, 0.4) is 0 Å². The van der Waals surface area contributed by atoms with Crippen LogP contribution in [0.1, 0.15) is 59.3 Å². The number of unbranched alkanes of at least 4 members (excludes halogenated alkanes) is 4. The van der Waals surface area contributed by atoms with E-state index in [-0.39, 0.29) is 5.97 Å². The molecule has 19 heavy (non-hydrogen) atoms. The van der Waals surface area contributed by atoms with Crippen molar-refractivity contribution in [2.75, 3.05) is 0 Å². The van der Waals surface area contributed by atoms with Gasteiger partial charge in [0.15, 0.2) is 0 Å². The van der Waals surface area contributed by atoms with Crippen LogP contribution in [0.2, 0.25) is 0 Å². The van der Waals surface area contributed by atoms with Crippen molar-refractivity contribution in [2.24, 2.45) is 5.92 Å². The maximum atomic E-state index is 11.2. The van der Waals surface area contributed by atoms with Gasteiger partial charge in [-0.25, -0.2) is 0 Å². The summed E-state index contributed by atoms with van der Waals surface area (Å²) in [5.74, 6) is 0.165. The van der Waals surface area contributed by atoms with Crippen LogP contribution in [-0.2, 0) is 9.53 Å². The molecule has 0 aliphatic carbocycles. The van der Waals surface area contributed by atoms with E-state index in [0.29, 0.717) is 12.3 Å². The molecule has 0 radical (unpaired) electrons. The van der Waals surface area contributed by atoms with Crippen LogP contribution in [-0.4, -0.2) is 5.97 Å². The van der Waals surface area contributed by atoms with E-state index in [9.17, 15) is 4.79 Å². The molecule has 0 aromatic heterocycles. The molecule has 0 aromatic carbocycles. The summed E-state index contributed by atoms with van der Waals surface area (Å²) < 4.78 is 4.93. The Bertz CT molecular complexity index is 298. The lowest BCUT2D eigenvalue weighted by Crippen LogP contribution is -2.03. The first-order chi connectivity index (χ1) is 9.16. The lowest BCUT2D eigenvalue weighted by Gasteiger charge is -2.00. The second kappa shape index (κ2) is 13.1. The quantitative estimate of drug-likeness (QED) is 0.235. The summed E-state index contributed by atoms with van der Waals surface area (Å²) in [6.45, 7) is 6.21. The largest absolute Gasteiger partial charge is 0.434 e. The number of rotatable bonds is 10. The zero-order chi connectivity index (χ0) is 14.3. The summed E-state index contributed by atoms with van der Waals surface area (Å²) in [7, 11) is 0. The van der Waals surface area contributed by atoms with E-state index in [2.05, 4.69) is 13.0 Å². The predicted octanol–water partition coefficient (Wildman–Crippen LogP) is 5.17. The van der Waals surface area contributed by atoms with Gasteiger partial charge in [-0.2, -0.15) is 0 Å². The van der Waals surface area contributed by atoms with E-state index in [1.807, 2.05) is 32.1 Å². The Hall–Kier alpha value is -1.31. The van der Waals surface area contributed by atoms with E-state index in [0.717, 1.165) is 6.42 Å². The van der Waals surface area contributed by atoms with Crippen molar-refractivity contribution in [3.05, 3.63) is 36.6 Å². The Labute approximate surface area is 118 Å². The summed E-state index contributed by atoms with van der Waals surface area (Å²) in [4.78, 5) is 11.2. The standard InChI is InChI=1S/C17H28O2/c1-4-5-6-7-8-9-10-11-12-13-14-19-17(18)15-16(2)3/h9-14,16H,4-8,15H2,1-3H3. The molecule has 0 fully saturated rings. The second-order valence-electron chi connectivity index (χ2n) is 5.08. The molecule has 2 nitrogen and oxygen atoms in total. The van der Waals surface area contributed by atoms with E-state index in [1.54, 1.807) is 6.08 Å². The summed E-state index contributed by atoms with van der Waals surface area (Å²) in [5.41, 5.74) is 0. The van der Waals surface area contributed by atoms with Crippen molar-refractivity contribution in [3.63, 3.8) is 0 Å². The molecule has 0 saturated carbocycles. The highest BCUT2D eigenvalue weighted by Crippen LogP contribution is 2.03. The molecule has 0 aromatic rings. The lowest BCUT2D eigenvalue weighted by atomic mass is 10.1. The van der Waals surface area contributed by atoms with E-state index < -0.39 is 0 Å². The molecule has 0 heterocycles. The Morgan fingerprint density at radius 2 is 1.79 bits per heavy atom. The van der Waals surface area contributed by atoms with Gasteiger partial charge in [-0.3, -0.25) is 4.79 Å². The van der Waals surface area contributed by atoms with Crippen LogP contribution >= 0.6 is 0 Å². The molecule has 0 bridgehead atoms. The summed E-state index contributed by atoms with van der Waals surface area (Å²) in [6.07, 6.45) is 18.0. The molecule has 0 aliphatic rings. The fourth-order valence-electron chi connectivity index (χ4n) is 1.53. The third kappa shape index (κ3) is 14.6. The molecule has 0 atom stereocenters. The first kappa shape index (κ1) is 17.7. The SMILES string of the molecule is CCCCCCC=CC=CC=COC(=O)CC(C)C. The lowest BCUT2D eigenvalue weighted by molar-refractivity contribution is -0.138. The van der Waals surface area contributed by atoms with E-state index in [1.165, 1.54) is 31.9 Å². The fraction of sp³-hybridized carbons (Fsp3) is 0.588. The number of carbonyl (C=O) groups excluding carboxylic acids is 1. The molecule has 0 amide bonds. The summed E-state index contributed by atoms with van der Waals surface area (Å²) in [6, 6.07) is 0. The molecule has 0 aliphatic heterocycles. The minimum Gasteiger partial charge on any atom is -0.434 e. The molecule has 0 spiro atoms. The van der Waals surface area contributed by atoms with Gasteiger partial charge in [0.1, 0.15) is 0 Å². The smallest absolute Gasteiger partial charge is 0.310 e. The topological polar surface area (TPSA) is 26.3 Å². The molecule has 0 saturated heterocycles. The van der Waals surface area contributed by atoms with Crippen molar-refractivity contribution >= 4 is 5.97 Å². The molecule has 0 unspecified atom stereocenters. The van der Waals surface area contributed by atoms with Crippen molar-refractivity contribution in [1.29, 1.82) is 0 Å². The molecule has 0 N–H and O–H groups in total. The highest BCUT2D eigenvalue weighted by Gasteiger charge is 2.03. The van der Waals surface area contributed by atoms with Crippen molar-refractivity contribution < 1.29 is 9.53 Å². The van der Waals surface area contributed by atoms with Crippen molar-refractivity contribution in [1.82, 2.24) is 0 Å². The molecular formula is C17H28O2. The van der Waals surface area contributed by atoms with Crippen LogP contribution in [0.5, 0.6) is 0 Å². The zero-order valence-electron chi connectivity index (χ0n) is 12.6. The van der Waals surface area contributed by atoms with Gasteiger partial charge in [-0.05, 0) is 24.8 Å². The van der Waals surface area contributed by atoms with Gasteiger partial charge >= 0.3 is 5.97 Å². The van der Waals surface area contributed by atoms with Gasteiger partial charge in [-0.1, -0.05) is 64.3 Å². The Kier molecular flexibility index (Phi) is 12.2. The Morgan fingerprint density at radius 1 is 1.05 bits per heavy atom. The number of carbonyl (C=O) groups is 1. The molecule has 0 rings (SSSR count). The minimum absolute atomic E-state index is 0.175. The van der Waals surface area contributed by atoms with Gasteiger partial charge < -0.3 is 4.74 Å². The molecule has 2 heteroatoms. The van der Waals surface area contributed by atoms with Gasteiger partial charge in [0.25, 0.3) is 0 Å². The van der Waals surface area contributed by atoms with Crippen LogP contribution < -0.4 is 0 Å². The van der Waals surface area contributed by atoms with Gasteiger partial charge in [0.2, 0.25) is 0 Å². The van der Waals surface area contributed by atoms with Crippen molar-refractivity contribution in [3.8, 4) is 0 Å². The number of hydrogen-bond donors (Lipinski definition) is 0. The maximum absolute atomic E-state index is 11.2. The van der Waals surface area contributed by atoms with E-state index in [4.69, 9.17) is 4.74 Å². The second-order valence-corrected chi connectivity index (χ2v) is 5.08. The predicted molar refractivity (Wildman–Crippen MR) is 81.7 cm³/mol. The highest BCUT2D eigenvalue weighted by molar-refractivity contribution is 5.70. The average Bonchev–Trinajstić information content (AvgIpc) is 2.35. The first-order valence-corrected chi connectivity index (χ1v) is 7.34. The van der Waals surface area contributed by atoms with E-state index >= 15 is 0 Å². The van der Waals surface area contributed by atoms with Gasteiger partial charge in [0, 0.05) is 6.42 Å². The highest BCUT2D eigenvalue weighted by atomic mass is 16.5. The first-order valence-electron chi connectivity index (χ1n) is 7.34. The number of allylic oxidation sites excluding steroid dienone is 5. The zero-order valence-corrected chi connectivity index (χ0v) is 12.6. The van der Waals surface area contributed by atoms with Gasteiger partial charge in [-0.15, -0.1) is 0 Å². The summed E-state index contributed by atoms with van der Waals surface area (Å²) in [5, 5.41) is 0. The normalized spacial score (nSPS) is 12.2. The van der Waals surface area contributed by atoms with Crippen LogP contribution in [0, 0.1) is 5.92 Å². The van der Waals surface area contributed by atoms with Gasteiger partial charge in [0.05, 0.1) is 6.26 Å². The van der Waals surface area contributed by atoms with Crippen LogP contribution in [0.4, 0.5) is 0 Å². The van der Waals surface area contributed by atoms with Crippen LogP contribution in [0.15, 0.2) is 36.6 Å². The molecular weight excluding hydrogens is 236 g/mol. The average molecular weight is 264 g/mol. The monoisotopic (exact) mass is 264 g/mol. The number of hydrogen-bond acceptors (Lipinski definition) is 2. The maximum Gasteiger partial charge on any atom is 0.310 e. The third-order valence-electron chi connectivity index (χ3n) is 2.55. The fourth-order valence-corrected chi connectivity index (χ4v) is 1.53. The molecule has 108 valence electrons. The van der Waals surface area contributed by atoms with Crippen LogP contribution in [0.25, 0.3) is 0 Å².